The minimum Gasteiger partial charge on any atom is -0.381 e. The summed E-state index contributed by atoms with van der Waals surface area (Å²) in [5.74, 6) is 0. The van der Waals surface area contributed by atoms with Gasteiger partial charge in [-0.3, -0.25) is 0 Å². The van der Waals surface area contributed by atoms with Gasteiger partial charge in [-0.1, -0.05) is 78.9 Å². The molecule has 0 amide bonds. The first kappa shape index (κ1) is 17.9. The summed E-state index contributed by atoms with van der Waals surface area (Å²) >= 11 is 0. The Morgan fingerprint density at radius 3 is 1.50 bits per heavy atom. The van der Waals surface area contributed by atoms with Crippen molar-refractivity contribution in [1.29, 1.82) is 0 Å². The van der Waals surface area contributed by atoms with E-state index in [2.05, 4.69) is 107 Å². The lowest BCUT2D eigenvalue weighted by Gasteiger charge is -2.25. The number of anilines is 3. The van der Waals surface area contributed by atoms with Gasteiger partial charge in [0.05, 0.1) is 0 Å². The smallest absolute Gasteiger partial charge is 0.0481 e. The first-order chi connectivity index (χ1) is 13.9. The maximum absolute atomic E-state index is 3.46. The van der Waals surface area contributed by atoms with Gasteiger partial charge in [0.25, 0.3) is 0 Å². The Balaban J connectivity index is 1.48. The first-order valence-electron chi connectivity index (χ1n) is 9.63. The highest BCUT2D eigenvalue weighted by Gasteiger charge is 2.09. The predicted octanol–water partition coefficient (Wildman–Crippen LogP) is 6.64. The highest BCUT2D eigenvalue weighted by atomic mass is 15.1. The largest absolute Gasteiger partial charge is 0.381 e. The minimum atomic E-state index is 0.825. The van der Waals surface area contributed by atoms with E-state index in [4.69, 9.17) is 0 Å². The van der Waals surface area contributed by atoms with Gasteiger partial charge < -0.3 is 10.2 Å². The molecule has 0 bridgehead atoms. The second-order valence-corrected chi connectivity index (χ2v) is 6.79. The summed E-state index contributed by atoms with van der Waals surface area (Å²) in [7, 11) is 0. The molecule has 0 fully saturated rings. The van der Waals surface area contributed by atoms with Crippen LogP contribution in [0.15, 0.2) is 115 Å². The van der Waals surface area contributed by atoms with Crippen molar-refractivity contribution in [1.82, 2.24) is 0 Å². The van der Waals surface area contributed by atoms with Crippen LogP contribution in [-0.2, 0) is 13.1 Å². The van der Waals surface area contributed by atoms with E-state index in [1.54, 1.807) is 0 Å². The van der Waals surface area contributed by atoms with Crippen molar-refractivity contribution in [3.63, 3.8) is 0 Å². The normalized spacial score (nSPS) is 10.4. The zero-order valence-electron chi connectivity index (χ0n) is 15.8. The van der Waals surface area contributed by atoms with Crippen molar-refractivity contribution < 1.29 is 0 Å². The summed E-state index contributed by atoms with van der Waals surface area (Å²) in [6.07, 6.45) is 0. The average Bonchev–Trinajstić information content (AvgIpc) is 2.79. The fraction of sp³-hybridized carbons (Fsp3) is 0.0769. The molecular formula is C26H24N2. The van der Waals surface area contributed by atoms with Crippen LogP contribution in [0.2, 0.25) is 0 Å². The van der Waals surface area contributed by atoms with Gasteiger partial charge in [-0.05, 0) is 47.5 Å². The van der Waals surface area contributed by atoms with Gasteiger partial charge in [0, 0.05) is 30.2 Å². The fourth-order valence-corrected chi connectivity index (χ4v) is 3.25. The SMILES string of the molecule is c1ccc(NCc2ccc(CN(c3ccccc3)c3ccccc3)cc2)cc1. The number of benzene rings is 4. The van der Waals surface area contributed by atoms with Crippen molar-refractivity contribution in [2.75, 3.05) is 10.2 Å². The van der Waals surface area contributed by atoms with Crippen molar-refractivity contribution in [3.8, 4) is 0 Å². The summed E-state index contributed by atoms with van der Waals surface area (Å²) in [5, 5.41) is 3.46. The van der Waals surface area contributed by atoms with E-state index in [0.717, 1.165) is 18.8 Å². The van der Waals surface area contributed by atoms with E-state index in [0.29, 0.717) is 0 Å². The van der Waals surface area contributed by atoms with Crippen LogP contribution in [-0.4, -0.2) is 0 Å². The Bertz CT molecular complexity index is 926. The van der Waals surface area contributed by atoms with Crippen LogP contribution in [0.3, 0.4) is 0 Å². The van der Waals surface area contributed by atoms with E-state index in [-0.39, 0.29) is 0 Å². The molecule has 0 saturated carbocycles. The number of nitrogens with zero attached hydrogens (tertiary/aromatic N) is 1. The van der Waals surface area contributed by atoms with Crippen LogP contribution < -0.4 is 10.2 Å². The Kier molecular flexibility index (Phi) is 5.69. The summed E-state index contributed by atoms with van der Waals surface area (Å²) in [4.78, 5) is 2.34. The lowest BCUT2D eigenvalue weighted by atomic mass is 10.1. The van der Waals surface area contributed by atoms with Gasteiger partial charge in [-0.2, -0.15) is 0 Å². The molecular weight excluding hydrogens is 340 g/mol. The molecule has 0 aliphatic heterocycles. The van der Waals surface area contributed by atoms with Gasteiger partial charge in [0.15, 0.2) is 0 Å². The molecule has 2 nitrogen and oxygen atoms in total. The van der Waals surface area contributed by atoms with Crippen LogP contribution in [0.5, 0.6) is 0 Å². The topological polar surface area (TPSA) is 15.3 Å². The average molecular weight is 364 g/mol. The standard InChI is InChI=1S/C26H24N2/c1-4-10-24(11-5-1)27-20-22-16-18-23(19-17-22)21-28(25-12-6-2-7-13-25)26-14-8-3-9-15-26/h1-19,27H,20-21H2. The lowest BCUT2D eigenvalue weighted by Crippen LogP contribution is -2.16. The molecule has 4 aromatic rings. The molecule has 0 radical (unpaired) electrons. The quantitative estimate of drug-likeness (QED) is 0.395. The summed E-state index contributed by atoms with van der Waals surface area (Å²) in [5.41, 5.74) is 6.10. The van der Waals surface area contributed by atoms with Crippen LogP contribution >= 0.6 is 0 Å². The van der Waals surface area contributed by atoms with Crippen molar-refractivity contribution in [3.05, 3.63) is 126 Å². The Hall–Kier alpha value is -3.52. The van der Waals surface area contributed by atoms with E-state index < -0.39 is 0 Å². The molecule has 0 heterocycles. The third-order valence-electron chi connectivity index (χ3n) is 4.77. The molecule has 0 atom stereocenters. The van der Waals surface area contributed by atoms with Gasteiger partial charge in [-0.25, -0.2) is 0 Å². The summed E-state index contributed by atoms with van der Waals surface area (Å²) in [6.45, 7) is 1.66. The Morgan fingerprint density at radius 1 is 0.500 bits per heavy atom. The maximum atomic E-state index is 3.46. The van der Waals surface area contributed by atoms with Gasteiger partial charge in [0.2, 0.25) is 0 Å². The second kappa shape index (κ2) is 8.92. The molecule has 0 spiro atoms. The monoisotopic (exact) mass is 364 g/mol. The van der Waals surface area contributed by atoms with Crippen LogP contribution in [0, 0.1) is 0 Å². The fourth-order valence-electron chi connectivity index (χ4n) is 3.25. The molecule has 138 valence electrons. The minimum absolute atomic E-state index is 0.825. The predicted molar refractivity (Wildman–Crippen MR) is 119 cm³/mol. The molecule has 2 heteroatoms. The molecule has 0 aliphatic carbocycles. The highest BCUT2D eigenvalue weighted by Crippen LogP contribution is 2.27. The molecule has 0 aliphatic rings. The number of hydrogen-bond acceptors (Lipinski definition) is 2. The molecule has 4 aromatic carbocycles. The van der Waals surface area contributed by atoms with Crippen LogP contribution in [0.1, 0.15) is 11.1 Å². The van der Waals surface area contributed by atoms with Gasteiger partial charge >= 0.3 is 0 Å². The van der Waals surface area contributed by atoms with E-state index in [1.807, 2.05) is 18.2 Å². The molecule has 28 heavy (non-hydrogen) atoms. The molecule has 0 unspecified atom stereocenters. The highest BCUT2D eigenvalue weighted by molar-refractivity contribution is 5.63. The number of hydrogen-bond donors (Lipinski definition) is 1. The third kappa shape index (κ3) is 4.60. The zero-order chi connectivity index (χ0) is 19.0. The van der Waals surface area contributed by atoms with Crippen molar-refractivity contribution in [2.45, 2.75) is 13.1 Å². The van der Waals surface area contributed by atoms with Crippen LogP contribution in [0.25, 0.3) is 0 Å². The summed E-state index contributed by atoms with van der Waals surface area (Å²) in [6, 6.07) is 40.3. The number of nitrogens with one attached hydrogen (secondary N) is 1. The van der Waals surface area contributed by atoms with Gasteiger partial charge in [0.1, 0.15) is 0 Å². The number of para-hydroxylation sites is 3. The Morgan fingerprint density at radius 2 is 0.964 bits per heavy atom. The Labute approximate surface area is 167 Å². The molecule has 0 saturated heterocycles. The maximum Gasteiger partial charge on any atom is 0.0481 e. The first-order valence-corrected chi connectivity index (χ1v) is 9.63. The van der Waals surface area contributed by atoms with E-state index in [9.17, 15) is 0 Å². The molecule has 1 N–H and O–H groups in total. The molecule has 4 rings (SSSR count). The lowest BCUT2D eigenvalue weighted by molar-refractivity contribution is 0.972. The second-order valence-electron chi connectivity index (χ2n) is 6.79. The summed E-state index contributed by atoms with van der Waals surface area (Å²) < 4.78 is 0. The van der Waals surface area contributed by atoms with Crippen molar-refractivity contribution >= 4 is 17.1 Å². The van der Waals surface area contributed by atoms with Crippen LogP contribution in [0.4, 0.5) is 17.1 Å². The molecule has 0 aromatic heterocycles. The zero-order valence-corrected chi connectivity index (χ0v) is 15.8. The van der Waals surface area contributed by atoms with Gasteiger partial charge in [-0.15, -0.1) is 0 Å². The van der Waals surface area contributed by atoms with E-state index in [1.165, 1.54) is 22.5 Å². The van der Waals surface area contributed by atoms with Crippen molar-refractivity contribution in [2.24, 2.45) is 0 Å². The third-order valence-corrected chi connectivity index (χ3v) is 4.77. The van der Waals surface area contributed by atoms with E-state index >= 15 is 0 Å². The number of rotatable bonds is 7.